The summed E-state index contributed by atoms with van der Waals surface area (Å²) < 4.78 is 5.83. The lowest BCUT2D eigenvalue weighted by atomic mass is 9.76. The largest absolute Gasteiger partial charge is 0.455 e. The van der Waals surface area contributed by atoms with E-state index in [-0.39, 0.29) is 22.9 Å². The van der Waals surface area contributed by atoms with Gasteiger partial charge in [0.15, 0.2) is 16.7 Å². The quantitative estimate of drug-likeness (QED) is 0.873. The van der Waals surface area contributed by atoms with Gasteiger partial charge in [-0.1, -0.05) is 13.8 Å². The minimum atomic E-state index is -0.332. The summed E-state index contributed by atoms with van der Waals surface area (Å²) in [7, 11) is 2.08. The zero-order valence-electron chi connectivity index (χ0n) is 15.6. The molecule has 6 nitrogen and oxygen atoms in total. The fourth-order valence-corrected chi connectivity index (χ4v) is 4.91. The standard InChI is InChI=1S/C19H23N3O3S/c1-10-15-12(23)7-19(2,3)8-13(15)25-16(10)17(24)21-18-20-11-5-6-22(4)9-14(11)26-18/h5-9H2,1-4H3,(H,20,21,24). The number of carbonyl (C=O) groups excluding carboxylic acids is 2. The van der Waals surface area contributed by atoms with Crippen molar-refractivity contribution in [1.82, 2.24) is 9.88 Å². The predicted octanol–water partition coefficient (Wildman–Crippen LogP) is 3.44. The molecule has 2 aliphatic rings. The lowest BCUT2D eigenvalue weighted by molar-refractivity contribution is 0.0898. The van der Waals surface area contributed by atoms with Gasteiger partial charge in [0.2, 0.25) is 0 Å². The van der Waals surface area contributed by atoms with Crippen molar-refractivity contribution in [2.45, 2.75) is 46.6 Å². The first-order valence-corrected chi connectivity index (χ1v) is 9.69. The zero-order valence-corrected chi connectivity index (χ0v) is 16.4. The first-order chi connectivity index (χ1) is 12.2. The number of rotatable bonds is 2. The Balaban J connectivity index is 1.59. The maximum absolute atomic E-state index is 12.7. The third-order valence-corrected chi connectivity index (χ3v) is 6.12. The molecule has 0 bridgehead atoms. The van der Waals surface area contributed by atoms with E-state index in [9.17, 15) is 9.59 Å². The van der Waals surface area contributed by atoms with E-state index in [1.54, 1.807) is 6.92 Å². The summed E-state index contributed by atoms with van der Waals surface area (Å²) in [6.45, 7) is 7.72. The number of ketones is 1. The average molecular weight is 373 g/mol. The SMILES string of the molecule is Cc1c(C(=O)Nc2nc3c(s2)CN(C)CC3)oc2c1C(=O)CC(C)(C)C2. The Kier molecular flexibility index (Phi) is 4.04. The van der Waals surface area contributed by atoms with Crippen LogP contribution in [-0.2, 0) is 19.4 Å². The van der Waals surface area contributed by atoms with E-state index >= 15 is 0 Å². The maximum Gasteiger partial charge on any atom is 0.293 e. The van der Waals surface area contributed by atoms with Gasteiger partial charge in [-0.05, 0) is 19.4 Å². The van der Waals surface area contributed by atoms with Gasteiger partial charge < -0.3 is 9.32 Å². The molecule has 2 aromatic rings. The average Bonchev–Trinajstić information content (AvgIpc) is 3.06. The Hall–Kier alpha value is -1.99. The van der Waals surface area contributed by atoms with Crippen molar-refractivity contribution in [3.05, 3.63) is 33.2 Å². The Morgan fingerprint density at radius 2 is 2.12 bits per heavy atom. The molecule has 26 heavy (non-hydrogen) atoms. The molecule has 0 saturated heterocycles. The number of aromatic nitrogens is 1. The Labute approximate surface area is 156 Å². The number of nitrogens with zero attached hydrogens (tertiary/aromatic N) is 2. The second-order valence-corrected chi connectivity index (χ2v) is 9.21. The van der Waals surface area contributed by atoms with E-state index < -0.39 is 0 Å². The van der Waals surface area contributed by atoms with Crippen LogP contribution in [0.1, 0.15) is 63.1 Å². The number of thiazole rings is 1. The van der Waals surface area contributed by atoms with Crippen LogP contribution in [0.25, 0.3) is 0 Å². The van der Waals surface area contributed by atoms with E-state index in [1.165, 1.54) is 16.2 Å². The molecule has 0 atom stereocenters. The molecule has 0 unspecified atom stereocenters. The minimum absolute atomic E-state index is 0.0595. The molecule has 7 heteroatoms. The van der Waals surface area contributed by atoms with Crippen LogP contribution in [0, 0.1) is 12.3 Å². The number of Topliss-reactive ketones (excluding diaryl/α,β-unsaturated/α-hetero) is 1. The van der Waals surface area contributed by atoms with Crippen LogP contribution in [0.15, 0.2) is 4.42 Å². The first kappa shape index (κ1) is 17.4. The maximum atomic E-state index is 12.7. The second kappa shape index (κ2) is 6.03. The van der Waals surface area contributed by atoms with Crippen molar-refractivity contribution < 1.29 is 14.0 Å². The van der Waals surface area contributed by atoms with Crippen molar-refractivity contribution in [2.75, 3.05) is 18.9 Å². The third-order valence-electron chi connectivity index (χ3n) is 5.13. The number of anilines is 1. The summed E-state index contributed by atoms with van der Waals surface area (Å²) in [4.78, 5) is 33.2. The number of nitrogens with one attached hydrogen (secondary N) is 1. The van der Waals surface area contributed by atoms with Gasteiger partial charge in [-0.3, -0.25) is 14.9 Å². The third kappa shape index (κ3) is 2.99. The molecular formula is C19H23N3O3S. The summed E-state index contributed by atoms with van der Waals surface area (Å²) in [5.74, 6) is 0.589. The van der Waals surface area contributed by atoms with E-state index in [0.29, 0.717) is 34.9 Å². The monoisotopic (exact) mass is 373 g/mol. The Morgan fingerprint density at radius 3 is 2.88 bits per heavy atom. The van der Waals surface area contributed by atoms with E-state index in [4.69, 9.17) is 4.42 Å². The fraction of sp³-hybridized carbons (Fsp3) is 0.526. The molecule has 138 valence electrons. The number of likely N-dealkylation sites (N-methyl/N-ethyl adjacent to an activating group) is 1. The highest BCUT2D eigenvalue weighted by Gasteiger charge is 2.37. The van der Waals surface area contributed by atoms with E-state index in [1.807, 2.05) is 13.8 Å². The molecule has 1 aliphatic carbocycles. The molecule has 1 aliphatic heterocycles. The highest BCUT2D eigenvalue weighted by atomic mass is 32.1. The van der Waals surface area contributed by atoms with Crippen molar-refractivity contribution >= 4 is 28.2 Å². The number of carbonyl (C=O) groups is 2. The summed E-state index contributed by atoms with van der Waals surface area (Å²) in [6.07, 6.45) is 2.05. The molecule has 0 saturated carbocycles. The van der Waals surface area contributed by atoms with Gasteiger partial charge in [-0.25, -0.2) is 4.98 Å². The minimum Gasteiger partial charge on any atom is -0.455 e. The Morgan fingerprint density at radius 1 is 1.35 bits per heavy atom. The number of amides is 1. The van der Waals surface area contributed by atoms with E-state index in [0.717, 1.165) is 25.2 Å². The van der Waals surface area contributed by atoms with Gasteiger partial charge in [0.1, 0.15) is 5.76 Å². The van der Waals surface area contributed by atoms with Gasteiger partial charge in [0, 0.05) is 42.8 Å². The van der Waals surface area contributed by atoms with Gasteiger partial charge in [0.25, 0.3) is 5.91 Å². The normalized spacial score (nSPS) is 19.2. The number of hydrogen-bond donors (Lipinski definition) is 1. The lowest BCUT2D eigenvalue weighted by Gasteiger charge is -2.27. The summed E-state index contributed by atoms with van der Waals surface area (Å²) in [6, 6.07) is 0. The van der Waals surface area contributed by atoms with Crippen LogP contribution in [0.2, 0.25) is 0 Å². The van der Waals surface area contributed by atoms with Crippen LogP contribution in [0.3, 0.4) is 0 Å². The molecule has 0 spiro atoms. The van der Waals surface area contributed by atoms with Crippen LogP contribution in [-0.4, -0.2) is 35.2 Å². The summed E-state index contributed by atoms with van der Waals surface area (Å²) >= 11 is 1.51. The van der Waals surface area contributed by atoms with Gasteiger partial charge >= 0.3 is 0 Å². The Bertz CT molecular complexity index is 910. The molecule has 4 rings (SSSR count). The zero-order chi connectivity index (χ0) is 18.6. The molecule has 1 N–H and O–H groups in total. The highest BCUT2D eigenvalue weighted by molar-refractivity contribution is 7.15. The predicted molar refractivity (Wildman–Crippen MR) is 100.0 cm³/mol. The smallest absolute Gasteiger partial charge is 0.293 e. The molecule has 0 radical (unpaired) electrons. The van der Waals surface area contributed by atoms with Crippen LogP contribution in [0.4, 0.5) is 5.13 Å². The topological polar surface area (TPSA) is 75.4 Å². The highest BCUT2D eigenvalue weighted by Crippen LogP contribution is 2.38. The molecule has 3 heterocycles. The molecular weight excluding hydrogens is 350 g/mol. The fourth-order valence-electron chi connectivity index (χ4n) is 3.83. The van der Waals surface area contributed by atoms with Gasteiger partial charge in [-0.2, -0.15) is 0 Å². The molecule has 0 fully saturated rings. The van der Waals surface area contributed by atoms with Crippen molar-refractivity contribution in [1.29, 1.82) is 0 Å². The van der Waals surface area contributed by atoms with Crippen LogP contribution < -0.4 is 5.32 Å². The molecule has 0 aromatic carbocycles. The number of hydrogen-bond acceptors (Lipinski definition) is 6. The first-order valence-electron chi connectivity index (χ1n) is 8.87. The summed E-state index contributed by atoms with van der Waals surface area (Å²) in [5.41, 5.74) is 2.16. The number of fused-ring (bicyclic) bond motifs is 2. The van der Waals surface area contributed by atoms with Gasteiger partial charge in [0.05, 0.1) is 11.3 Å². The van der Waals surface area contributed by atoms with Crippen molar-refractivity contribution in [2.24, 2.45) is 5.41 Å². The number of furan rings is 1. The van der Waals surface area contributed by atoms with Crippen LogP contribution >= 0.6 is 11.3 Å². The molecule has 2 aromatic heterocycles. The van der Waals surface area contributed by atoms with Crippen molar-refractivity contribution in [3.8, 4) is 0 Å². The van der Waals surface area contributed by atoms with Crippen molar-refractivity contribution in [3.63, 3.8) is 0 Å². The van der Waals surface area contributed by atoms with Crippen LogP contribution in [0.5, 0.6) is 0 Å². The lowest BCUT2D eigenvalue weighted by Crippen LogP contribution is -2.26. The van der Waals surface area contributed by atoms with Gasteiger partial charge in [-0.15, -0.1) is 11.3 Å². The molecule has 1 amide bonds. The summed E-state index contributed by atoms with van der Waals surface area (Å²) in [5, 5.41) is 3.45. The van der Waals surface area contributed by atoms with E-state index in [2.05, 4.69) is 22.2 Å². The second-order valence-electron chi connectivity index (χ2n) is 8.13.